The van der Waals surface area contributed by atoms with Crippen molar-refractivity contribution in [2.75, 3.05) is 11.4 Å². The number of alkyl halides is 2. The monoisotopic (exact) mass is 386 g/mol. The van der Waals surface area contributed by atoms with Crippen LogP contribution >= 0.6 is 11.6 Å². The van der Waals surface area contributed by atoms with Gasteiger partial charge < -0.3 is 19.8 Å². The summed E-state index contributed by atoms with van der Waals surface area (Å²) in [5.41, 5.74) is 0.490. The lowest BCUT2D eigenvalue weighted by molar-refractivity contribution is -0.0283. The van der Waals surface area contributed by atoms with Crippen molar-refractivity contribution >= 4 is 24.5 Å². The molecule has 0 aliphatic carbocycles. The molecule has 0 aromatic carbocycles. The van der Waals surface area contributed by atoms with Gasteiger partial charge in [-0.2, -0.15) is 0 Å². The first kappa shape index (κ1) is 19.5. The summed E-state index contributed by atoms with van der Waals surface area (Å²) in [6.07, 6.45) is 2.04. The fourth-order valence-corrected chi connectivity index (χ4v) is 4.49. The molecule has 10 heteroatoms. The molecule has 2 fully saturated rings. The van der Waals surface area contributed by atoms with Gasteiger partial charge in [0.15, 0.2) is 11.0 Å². The summed E-state index contributed by atoms with van der Waals surface area (Å²) in [5.74, 6) is -2.42. The topological polar surface area (TPSA) is 72.7 Å². The Morgan fingerprint density at radius 3 is 2.81 bits per heavy atom. The van der Waals surface area contributed by atoms with Crippen molar-refractivity contribution in [1.82, 2.24) is 15.0 Å². The average Bonchev–Trinajstić information content (AvgIpc) is 2.74. The van der Waals surface area contributed by atoms with Crippen molar-refractivity contribution < 1.29 is 18.9 Å². The summed E-state index contributed by atoms with van der Waals surface area (Å²) in [7, 11) is -0.921. The fourth-order valence-electron chi connectivity index (χ4n) is 4.32. The maximum absolute atomic E-state index is 14.5. The lowest BCUT2D eigenvalue weighted by Crippen LogP contribution is -2.57. The summed E-state index contributed by atoms with van der Waals surface area (Å²) < 4.78 is 28.9. The maximum atomic E-state index is 14.5. The van der Waals surface area contributed by atoms with E-state index in [1.165, 1.54) is 17.7 Å². The van der Waals surface area contributed by atoms with Gasteiger partial charge >= 0.3 is 7.05 Å². The van der Waals surface area contributed by atoms with Crippen LogP contribution in [-0.4, -0.2) is 62.8 Å². The molecule has 1 unspecified atom stereocenters. The maximum Gasteiger partial charge on any atom is 0.377 e. The zero-order chi connectivity index (χ0) is 19.1. The van der Waals surface area contributed by atoms with Crippen LogP contribution in [0.4, 0.5) is 14.6 Å². The van der Waals surface area contributed by atoms with Gasteiger partial charge in [-0.05, 0) is 25.7 Å². The van der Waals surface area contributed by atoms with Crippen LogP contribution < -0.4 is 4.90 Å². The standard InChI is InChI=1S/C16H22BClF2N4O2/c1-3-4-23(15-10(9-25)5-14(18)21-22-15)11-6-12-8-16(19,20)13(7-11)24(12)17(2)26/h3,5,11-13,25-26H,1,4,6-9H2,2H3/t11-,12+,13?/m1/s1. The van der Waals surface area contributed by atoms with Gasteiger partial charge in [0.05, 0.1) is 12.6 Å². The smallest absolute Gasteiger partial charge is 0.377 e. The molecule has 2 N–H and O–H groups in total. The SMILES string of the molecule is C=CCN(c1nnc(Cl)cc1CO)[C@H]1CC2N(B(C)O)[C@@H](C1)CC2(F)F. The molecule has 0 amide bonds. The zero-order valence-electron chi connectivity index (χ0n) is 14.5. The van der Waals surface area contributed by atoms with E-state index >= 15 is 0 Å². The Bertz CT molecular complexity index is 682. The highest BCUT2D eigenvalue weighted by Crippen LogP contribution is 2.47. The van der Waals surface area contributed by atoms with Gasteiger partial charge in [0.1, 0.15) is 0 Å². The second-order valence-corrected chi connectivity index (χ2v) is 7.34. The molecule has 2 saturated heterocycles. The largest absolute Gasteiger partial charge is 0.437 e. The number of halogens is 3. The third-order valence-corrected chi connectivity index (χ3v) is 5.46. The summed E-state index contributed by atoms with van der Waals surface area (Å²) in [6.45, 7) is 5.37. The van der Waals surface area contributed by atoms with Crippen LogP contribution in [0.25, 0.3) is 0 Å². The average molecular weight is 387 g/mol. The molecule has 2 aliphatic heterocycles. The van der Waals surface area contributed by atoms with Gasteiger partial charge in [-0.15, -0.1) is 16.8 Å². The highest BCUT2D eigenvalue weighted by atomic mass is 35.5. The summed E-state index contributed by atoms with van der Waals surface area (Å²) >= 11 is 5.85. The molecule has 0 radical (unpaired) electrons. The second kappa shape index (κ2) is 7.38. The fraction of sp³-hybridized carbons (Fsp3) is 0.625. The molecule has 2 aliphatic rings. The van der Waals surface area contributed by atoms with Gasteiger partial charge in [-0.1, -0.05) is 17.7 Å². The van der Waals surface area contributed by atoms with E-state index < -0.39 is 25.1 Å². The second-order valence-electron chi connectivity index (χ2n) is 6.95. The lowest BCUT2D eigenvalue weighted by atomic mass is 9.78. The van der Waals surface area contributed by atoms with E-state index in [1.54, 1.807) is 6.08 Å². The third kappa shape index (κ3) is 3.45. The van der Waals surface area contributed by atoms with E-state index in [0.717, 1.165) is 0 Å². The minimum Gasteiger partial charge on any atom is -0.437 e. The number of fused-ring (bicyclic) bond motifs is 2. The van der Waals surface area contributed by atoms with E-state index in [1.807, 2.05) is 4.90 Å². The van der Waals surface area contributed by atoms with Crippen molar-refractivity contribution in [3.8, 4) is 0 Å². The number of aliphatic hydroxyl groups is 1. The molecule has 6 nitrogen and oxygen atoms in total. The molecule has 3 atom stereocenters. The van der Waals surface area contributed by atoms with E-state index in [4.69, 9.17) is 11.6 Å². The molecular formula is C16H22BClF2N4O2. The molecule has 26 heavy (non-hydrogen) atoms. The zero-order valence-corrected chi connectivity index (χ0v) is 15.3. The molecule has 2 bridgehead atoms. The molecule has 0 spiro atoms. The summed E-state index contributed by atoms with van der Waals surface area (Å²) in [5, 5.41) is 27.7. The van der Waals surface area contributed by atoms with E-state index in [2.05, 4.69) is 16.8 Å². The van der Waals surface area contributed by atoms with Crippen LogP contribution in [0.2, 0.25) is 12.0 Å². The van der Waals surface area contributed by atoms with Crippen LogP contribution in [0.5, 0.6) is 0 Å². The van der Waals surface area contributed by atoms with Crippen LogP contribution in [0.15, 0.2) is 18.7 Å². The van der Waals surface area contributed by atoms with Crippen LogP contribution in [0, 0.1) is 0 Å². The Hall–Kier alpha value is -1.29. The number of anilines is 1. The van der Waals surface area contributed by atoms with E-state index in [0.29, 0.717) is 24.3 Å². The lowest BCUT2D eigenvalue weighted by Gasteiger charge is -2.44. The van der Waals surface area contributed by atoms with Gasteiger partial charge in [0.2, 0.25) is 0 Å². The molecule has 1 aromatic heterocycles. The van der Waals surface area contributed by atoms with Gasteiger partial charge in [-0.25, -0.2) is 8.78 Å². The number of aromatic nitrogens is 2. The van der Waals surface area contributed by atoms with Crippen molar-refractivity contribution in [2.45, 2.75) is 56.7 Å². The Balaban J connectivity index is 1.93. The molecule has 142 valence electrons. The molecular weight excluding hydrogens is 364 g/mol. The Morgan fingerprint density at radius 1 is 1.50 bits per heavy atom. The number of hydrogen-bond acceptors (Lipinski definition) is 6. The number of piperidine rings is 1. The molecule has 0 saturated carbocycles. The predicted molar refractivity (Wildman–Crippen MR) is 96.3 cm³/mol. The molecule has 3 heterocycles. The highest BCUT2D eigenvalue weighted by molar-refractivity contribution is 6.45. The summed E-state index contributed by atoms with van der Waals surface area (Å²) in [4.78, 5) is 3.37. The first-order chi connectivity index (χ1) is 12.3. The normalized spacial score (nSPS) is 27.4. The van der Waals surface area contributed by atoms with Crippen LogP contribution in [0.3, 0.4) is 0 Å². The predicted octanol–water partition coefficient (Wildman–Crippen LogP) is 1.97. The van der Waals surface area contributed by atoms with Crippen molar-refractivity contribution in [3.05, 3.63) is 29.4 Å². The van der Waals surface area contributed by atoms with E-state index in [-0.39, 0.29) is 30.6 Å². The summed E-state index contributed by atoms with van der Waals surface area (Å²) in [6, 6.07) is -0.156. The van der Waals surface area contributed by atoms with Crippen LogP contribution in [0.1, 0.15) is 24.8 Å². The number of aliphatic hydroxyl groups excluding tert-OH is 1. The number of hydrogen-bond donors (Lipinski definition) is 2. The van der Waals surface area contributed by atoms with E-state index in [9.17, 15) is 18.9 Å². The highest BCUT2D eigenvalue weighted by Gasteiger charge is 2.59. The van der Waals surface area contributed by atoms with Crippen LogP contribution in [-0.2, 0) is 6.61 Å². The van der Waals surface area contributed by atoms with Gasteiger partial charge in [0, 0.05) is 30.6 Å². The Morgan fingerprint density at radius 2 is 2.23 bits per heavy atom. The number of nitrogens with zero attached hydrogens (tertiary/aromatic N) is 4. The van der Waals surface area contributed by atoms with Crippen molar-refractivity contribution in [2.24, 2.45) is 0 Å². The minimum absolute atomic E-state index is 0.159. The van der Waals surface area contributed by atoms with Gasteiger partial charge in [-0.3, -0.25) is 0 Å². The minimum atomic E-state index is -2.85. The molecule has 3 rings (SSSR count). The number of rotatable bonds is 6. The van der Waals surface area contributed by atoms with Crippen molar-refractivity contribution in [3.63, 3.8) is 0 Å². The molecule has 1 aromatic rings. The van der Waals surface area contributed by atoms with Gasteiger partial charge in [0.25, 0.3) is 5.92 Å². The quantitative estimate of drug-likeness (QED) is 0.575. The Kier molecular flexibility index (Phi) is 5.53. The third-order valence-electron chi connectivity index (χ3n) is 5.28. The van der Waals surface area contributed by atoms with Crippen molar-refractivity contribution in [1.29, 1.82) is 0 Å². The first-order valence-corrected chi connectivity index (χ1v) is 9.00. The Labute approximate surface area is 156 Å². The first-order valence-electron chi connectivity index (χ1n) is 8.62.